The lowest BCUT2D eigenvalue weighted by molar-refractivity contribution is 0.425. The van der Waals surface area contributed by atoms with E-state index in [2.05, 4.69) is 12.2 Å². The van der Waals surface area contributed by atoms with Crippen LogP contribution in [0.3, 0.4) is 0 Å². The van der Waals surface area contributed by atoms with Gasteiger partial charge in [0.2, 0.25) is 0 Å². The van der Waals surface area contributed by atoms with Crippen molar-refractivity contribution in [3.63, 3.8) is 0 Å². The van der Waals surface area contributed by atoms with Gasteiger partial charge in [-0.3, -0.25) is 0 Å². The third-order valence-corrected chi connectivity index (χ3v) is 6.82. The lowest BCUT2D eigenvalue weighted by Crippen LogP contribution is -2.36. The van der Waals surface area contributed by atoms with Crippen molar-refractivity contribution in [1.29, 1.82) is 0 Å². The van der Waals surface area contributed by atoms with E-state index in [4.69, 9.17) is 11.6 Å². The number of sulfone groups is 1. The van der Waals surface area contributed by atoms with E-state index in [0.29, 0.717) is 16.0 Å². The highest BCUT2D eigenvalue weighted by molar-refractivity contribution is 7.92. The van der Waals surface area contributed by atoms with E-state index in [1.165, 1.54) is 0 Å². The molecular formula is C15H22ClNO2S. The van der Waals surface area contributed by atoms with E-state index >= 15 is 0 Å². The second-order valence-electron chi connectivity index (χ2n) is 5.53. The Bertz CT molecular complexity index is 541. The molecule has 0 bridgehead atoms. The van der Waals surface area contributed by atoms with E-state index in [9.17, 15) is 8.42 Å². The first-order valence-electron chi connectivity index (χ1n) is 7.19. The van der Waals surface area contributed by atoms with Gasteiger partial charge in [0.1, 0.15) is 0 Å². The Labute approximate surface area is 126 Å². The number of hydrogen-bond donors (Lipinski definition) is 1. The summed E-state index contributed by atoms with van der Waals surface area (Å²) in [4.78, 5) is 0.384. The van der Waals surface area contributed by atoms with Gasteiger partial charge in [-0.2, -0.15) is 0 Å². The third kappa shape index (κ3) is 3.18. The first kappa shape index (κ1) is 15.8. The average Bonchev–Trinajstić information content (AvgIpc) is 2.79. The Kier molecular flexibility index (Phi) is 5.10. The summed E-state index contributed by atoms with van der Waals surface area (Å²) in [5, 5.41) is 3.73. The molecule has 1 fully saturated rings. The molecule has 1 aliphatic rings. The summed E-state index contributed by atoms with van der Waals surface area (Å²) in [6.45, 7) is 5.11. The van der Waals surface area contributed by atoms with Crippen LogP contribution < -0.4 is 5.32 Å². The van der Waals surface area contributed by atoms with Crippen molar-refractivity contribution in [2.45, 2.75) is 49.3 Å². The van der Waals surface area contributed by atoms with Gasteiger partial charge in [0.05, 0.1) is 10.1 Å². The molecule has 1 aromatic carbocycles. The number of halogens is 1. The standard InChI is InChI=1S/C15H22ClNO2S/c1-3-10-17-14-8-9-15(11(14)2)20(18,19)13-6-4-12(16)5-7-13/h4-7,11,14-15,17H,3,8-10H2,1-2H3. The molecule has 20 heavy (non-hydrogen) atoms. The molecule has 0 amide bonds. The Hall–Kier alpha value is -0.580. The fraction of sp³-hybridized carbons (Fsp3) is 0.600. The molecule has 0 spiro atoms. The van der Waals surface area contributed by atoms with Gasteiger partial charge in [-0.25, -0.2) is 8.42 Å². The number of rotatable bonds is 5. The van der Waals surface area contributed by atoms with E-state index in [1.54, 1.807) is 24.3 Å². The maximum absolute atomic E-state index is 12.7. The van der Waals surface area contributed by atoms with Crippen molar-refractivity contribution in [2.75, 3.05) is 6.54 Å². The molecule has 0 aliphatic heterocycles. The van der Waals surface area contributed by atoms with Crippen LogP contribution in [0.2, 0.25) is 5.02 Å². The van der Waals surface area contributed by atoms with Crippen molar-refractivity contribution in [1.82, 2.24) is 5.32 Å². The molecule has 2 rings (SSSR count). The second-order valence-corrected chi connectivity index (χ2v) is 8.14. The van der Waals surface area contributed by atoms with Crippen LogP contribution in [0.5, 0.6) is 0 Å². The number of nitrogens with one attached hydrogen (secondary N) is 1. The molecule has 1 saturated carbocycles. The Morgan fingerprint density at radius 1 is 1.25 bits per heavy atom. The van der Waals surface area contributed by atoms with Gasteiger partial charge < -0.3 is 5.32 Å². The van der Waals surface area contributed by atoms with Crippen LogP contribution in [-0.4, -0.2) is 26.3 Å². The summed E-state index contributed by atoms with van der Waals surface area (Å²) >= 11 is 5.83. The minimum Gasteiger partial charge on any atom is -0.314 e. The summed E-state index contributed by atoms with van der Waals surface area (Å²) < 4.78 is 25.4. The van der Waals surface area contributed by atoms with Crippen LogP contribution in [0.25, 0.3) is 0 Å². The molecular weight excluding hydrogens is 294 g/mol. The molecule has 3 unspecified atom stereocenters. The SMILES string of the molecule is CCCNC1CCC(S(=O)(=O)c2ccc(Cl)cc2)C1C. The molecule has 112 valence electrons. The third-order valence-electron chi connectivity index (χ3n) is 4.18. The zero-order valence-corrected chi connectivity index (χ0v) is 13.5. The number of benzene rings is 1. The summed E-state index contributed by atoms with van der Waals surface area (Å²) in [6.07, 6.45) is 2.73. The largest absolute Gasteiger partial charge is 0.314 e. The fourth-order valence-electron chi connectivity index (χ4n) is 2.98. The van der Waals surface area contributed by atoms with Crippen molar-refractivity contribution in [3.8, 4) is 0 Å². The summed E-state index contributed by atoms with van der Waals surface area (Å²) in [5.74, 6) is 0.141. The highest BCUT2D eigenvalue weighted by atomic mass is 35.5. The van der Waals surface area contributed by atoms with Crippen LogP contribution in [0.15, 0.2) is 29.2 Å². The maximum atomic E-state index is 12.7. The van der Waals surface area contributed by atoms with E-state index in [1.807, 2.05) is 6.92 Å². The van der Waals surface area contributed by atoms with Crippen LogP contribution >= 0.6 is 11.6 Å². The molecule has 0 saturated heterocycles. The zero-order chi connectivity index (χ0) is 14.8. The Morgan fingerprint density at radius 2 is 1.90 bits per heavy atom. The van der Waals surface area contributed by atoms with Crippen molar-refractivity contribution >= 4 is 21.4 Å². The molecule has 1 aromatic rings. The van der Waals surface area contributed by atoms with Crippen molar-refractivity contribution in [2.24, 2.45) is 5.92 Å². The van der Waals surface area contributed by atoms with E-state index < -0.39 is 9.84 Å². The average molecular weight is 316 g/mol. The predicted octanol–water partition coefficient (Wildman–Crippen LogP) is 3.28. The fourth-order valence-corrected chi connectivity index (χ4v) is 5.18. The van der Waals surface area contributed by atoms with Crippen molar-refractivity contribution in [3.05, 3.63) is 29.3 Å². The minimum atomic E-state index is -3.26. The van der Waals surface area contributed by atoms with Gasteiger partial charge in [0.15, 0.2) is 9.84 Å². The molecule has 1 N–H and O–H groups in total. The summed E-state index contributed by atoms with van der Waals surface area (Å²) in [5.41, 5.74) is 0. The monoisotopic (exact) mass is 315 g/mol. The minimum absolute atomic E-state index is 0.141. The number of hydrogen-bond acceptors (Lipinski definition) is 3. The summed E-state index contributed by atoms with van der Waals surface area (Å²) in [7, 11) is -3.26. The highest BCUT2D eigenvalue weighted by Gasteiger charge is 2.41. The van der Waals surface area contributed by atoms with Gasteiger partial charge in [-0.15, -0.1) is 0 Å². The van der Waals surface area contributed by atoms with Crippen LogP contribution in [0.1, 0.15) is 33.1 Å². The molecule has 1 aliphatic carbocycles. The first-order valence-corrected chi connectivity index (χ1v) is 9.12. The first-order chi connectivity index (χ1) is 9.46. The molecule has 3 atom stereocenters. The lowest BCUT2D eigenvalue weighted by atomic mass is 10.1. The van der Waals surface area contributed by atoms with Crippen molar-refractivity contribution < 1.29 is 8.42 Å². The molecule has 0 aromatic heterocycles. The van der Waals surface area contributed by atoms with E-state index in [-0.39, 0.29) is 11.2 Å². The molecule has 3 nitrogen and oxygen atoms in total. The molecule has 5 heteroatoms. The van der Waals surface area contributed by atoms with Gasteiger partial charge >= 0.3 is 0 Å². The van der Waals surface area contributed by atoms with Gasteiger partial charge in [-0.05, 0) is 56.0 Å². The highest BCUT2D eigenvalue weighted by Crippen LogP contribution is 2.35. The summed E-state index contributed by atoms with van der Waals surface area (Å²) in [6, 6.07) is 6.80. The predicted molar refractivity (Wildman–Crippen MR) is 82.9 cm³/mol. The molecule has 0 heterocycles. The van der Waals surface area contributed by atoms with Crippen LogP contribution in [-0.2, 0) is 9.84 Å². The van der Waals surface area contributed by atoms with Gasteiger partial charge in [0, 0.05) is 11.1 Å². The van der Waals surface area contributed by atoms with Gasteiger partial charge in [0.25, 0.3) is 0 Å². The zero-order valence-electron chi connectivity index (χ0n) is 12.0. The van der Waals surface area contributed by atoms with Crippen LogP contribution in [0.4, 0.5) is 0 Å². The normalized spacial score (nSPS) is 26.9. The Morgan fingerprint density at radius 3 is 2.50 bits per heavy atom. The smallest absolute Gasteiger partial charge is 0.181 e. The molecule has 0 radical (unpaired) electrons. The lowest BCUT2D eigenvalue weighted by Gasteiger charge is -2.22. The van der Waals surface area contributed by atoms with Crippen LogP contribution in [0, 0.1) is 5.92 Å². The van der Waals surface area contributed by atoms with Gasteiger partial charge in [-0.1, -0.05) is 25.4 Å². The maximum Gasteiger partial charge on any atom is 0.181 e. The Balaban J connectivity index is 2.16. The second kappa shape index (κ2) is 6.46. The quantitative estimate of drug-likeness (QED) is 0.907. The van der Waals surface area contributed by atoms with E-state index in [0.717, 1.165) is 25.8 Å². The topological polar surface area (TPSA) is 46.2 Å².